The van der Waals surface area contributed by atoms with E-state index in [1.165, 1.54) is 18.2 Å². The number of benzene rings is 2. The summed E-state index contributed by atoms with van der Waals surface area (Å²) >= 11 is 0. The average molecular weight is 460 g/mol. The highest BCUT2D eigenvalue weighted by atomic mass is 16.6. The van der Waals surface area contributed by atoms with Gasteiger partial charge in [-0.15, -0.1) is 0 Å². The van der Waals surface area contributed by atoms with Gasteiger partial charge in [0, 0.05) is 29.4 Å². The number of anilines is 2. The number of rotatable bonds is 2. The van der Waals surface area contributed by atoms with Crippen molar-refractivity contribution in [3.8, 4) is 0 Å². The number of imide groups is 1. The summed E-state index contributed by atoms with van der Waals surface area (Å²) in [6.45, 7) is 6.23. The van der Waals surface area contributed by atoms with Gasteiger partial charge in [-0.3, -0.25) is 29.4 Å². The number of carbonyl (C=O) groups is 3. The molecule has 1 N–H and O–H groups in total. The molecule has 3 fully saturated rings. The Hall–Kier alpha value is -3.59. The fourth-order valence-electron chi connectivity index (χ4n) is 6.76. The highest BCUT2D eigenvalue weighted by Crippen LogP contribution is 2.61. The van der Waals surface area contributed by atoms with Gasteiger partial charge in [-0.2, -0.15) is 0 Å². The molecule has 0 unspecified atom stereocenters. The van der Waals surface area contributed by atoms with Crippen molar-refractivity contribution in [2.24, 2.45) is 11.8 Å². The normalized spacial score (nSPS) is 29.6. The lowest BCUT2D eigenvalue weighted by Crippen LogP contribution is -2.54. The molecule has 6 rings (SSSR count). The van der Waals surface area contributed by atoms with Crippen LogP contribution in [0.5, 0.6) is 0 Å². The SMILES string of the molecule is Cc1cc([N+](=O)[O-])ccc1N1C(=O)[C@@H]2[C@@H]3CCCN3[C@]3(C(=O)Nc4c3ccc(C)c4C)[C@H]2C1=O. The third kappa shape index (κ3) is 2.30. The number of carbonyl (C=O) groups excluding carboxylic acids is 3. The Bertz CT molecular complexity index is 1340. The van der Waals surface area contributed by atoms with Crippen LogP contribution in [0.4, 0.5) is 17.1 Å². The molecule has 3 amide bonds. The number of amides is 3. The number of nitro groups is 1. The average Bonchev–Trinajstić information content (AvgIpc) is 3.50. The van der Waals surface area contributed by atoms with Crippen LogP contribution >= 0.6 is 0 Å². The summed E-state index contributed by atoms with van der Waals surface area (Å²) in [5, 5.41) is 14.2. The molecule has 0 saturated carbocycles. The topological polar surface area (TPSA) is 113 Å². The minimum Gasteiger partial charge on any atom is -0.324 e. The van der Waals surface area contributed by atoms with Crippen molar-refractivity contribution in [1.82, 2.24) is 4.90 Å². The molecule has 2 aromatic carbocycles. The molecular weight excluding hydrogens is 436 g/mol. The van der Waals surface area contributed by atoms with Crippen LogP contribution < -0.4 is 10.2 Å². The van der Waals surface area contributed by atoms with Crippen LogP contribution in [0.1, 0.15) is 35.1 Å². The van der Waals surface area contributed by atoms with Crippen LogP contribution in [-0.2, 0) is 19.9 Å². The quantitative estimate of drug-likeness (QED) is 0.419. The van der Waals surface area contributed by atoms with Gasteiger partial charge >= 0.3 is 0 Å². The molecule has 0 aromatic heterocycles. The zero-order chi connectivity index (χ0) is 24.1. The van der Waals surface area contributed by atoms with Gasteiger partial charge in [0.1, 0.15) is 5.54 Å². The van der Waals surface area contributed by atoms with E-state index in [4.69, 9.17) is 0 Å². The minimum absolute atomic E-state index is 0.103. The minimum atomic E-state index is -1.23. The Balaban J connectivity index is 1.54. The van der Waals surface area contributed by atoms with Gasteiger partial charge in [0.15, 0.2) is 0 Å². The van der Waals surface area contributed by atoms with Crippen molar-refractivity contribution < 1.29 is 19.3 Å². The zero-order valence-corrected chi connectivity index (χ0v) is 19.1. The third-order valence-electron chi connectivity index (χ3n) is 8.33. The standard InChI is InChI=1S/C25H24N4O5/c1-12-6-8-16-21(14(12)3)26-24(32)25(16)20-19(18-5-4-10-27(18)25)22(30)28(23(20)31)17-9-7-15(29(33)34)11-13(17)2/h6-9,11,18-20H,4-5,10H2,1-3H3,(H,26,32)/t18-,19+,20+,25-/m0/s1. The third-order valence-corrected chi connectivity index (χ3v) is 8.33. The molecule has 0 radical (unpaired) electrons. The van der Waals surface area contributed by atoms with E-state index in [-0.39, 0.29) is 23.5 Å². The highest BCUT2D eigenvalue weighted by Gasteiger charge is 2.74. The molecule has 4 atom stereocenters. The number of hydrogen-bond donors (Lipinski definition) is 1. The molecule has 0 aliphatic carbocycles. The summed E-state index contributed by atoms with van der Waals surface area (Å²) in [6, 6.07) is 7.81. The van der Waals surface area contributed by atoms with E-state index in [9.17, 15) is 24.5 Å². The van der Waals surface area contributed by atoms with Crippen LogP contribution in [0, 0.1) is 42.7 Å². The van der Waals surface area contributed by atoms with Crippen LogP contribution in [0.25, 0.3) is 0 Å². The van der Waals surface area contributed by atoms with Crippen molar-refractivity contribution in [2.75, 3.05) is 16.8 Å². The number of non-ortho nitro benzene ring substituents is 1. The van der Waals surface area contributed by atoms with Gasteiger partial charge < -0.3 is 5.32 Å². The second-order valence-electron chi connectivity index (χ2n) is 9.80. The van der Waals surface area contributed by atoms with Crippen LogP contribution in [0.2, 0.25) is 0 Å². The fourth-order valence-corrected chi connectivity index (χ4v) is 6.76. The fraction of sp³-hybridized carbons (Fsp3) is 0.400. The van der Waals surface area contributed by atoms with Crippen molar-refractivity contribution >= 4 is 34.8 Å². The van der Waals surface area contributed by atoms with Crippen LogP contribution in [0.15, 0.2) is 30.3 Å². The van der Waals surface area contributed by atoms with Crippen molar-refractivity contribution in [1.29, 1.82) is 0 Å². The lowest BCUT2D eigenvalue weighted by molar-refractivity contribution is -0.384. The van der Waals surface area contributed by atoms with Crippen LogP contribution in [0.3, 0.4) is 0 Å². The number of nitrogens with zero attached hydrogens (tertiary/aromatic N) is 3. The maximum atomic E-state index is 14.0. The predicted octanol–water partition coefficient (Wildman–Crippen LogP) is 2.95. The first-order valence-corrected chi connectivity index (χ1v) is 11.5. The highest BCUT2D eigenvalue weighted by molar-refractivity contribution is 6.26. The predicted molar refractivity (Wildman–Crippen MR) is 123 cm³/mol. The van der Waals surface area contributed by atoms with Gasteiger partial charge in [0.2, 0.25) is 17.7 Å². The molecule has 1 spiro atoms. The van der Waals surface area contributed by atoms with E-state index in [2.05, 4.69) is 10.2 Å². The van der Waals surface area contributed by atoms with Crippen molar-refractivity contribution in [3.05, 3.63) is 62.7 Å². The van der Waals surface area contributed by atoms with E-state index in [0.29, 0.717) is 17.8 Å². The smallest absolute Gasteiger partial charge is 0.269 e. The molecule has 174 valence electrons. The van der Waals surface area contributed by atoms with Crippen LogP contribution in [-0.4, -0.2) is 40.1 Å². The van der Waals surface area contributed by atoms with Gasteiger partial charge in [-0.25, -0.2) is 4.90 Å². The molecule has 3 saturated heterocycles. The Morgan fingerprint density at radius 2 is 1.82 bits per heavy atom. The number of aryl methyl sites for hydroxylation is 2. The number of nitrogens with one attached hydrogen (secondary N) is 1. The molecule has 0 bridgehead atoms. The second-order valence-corrected chi connectivity index (χ2v) is 9.80. The Morgan fingerprint density at radius 3 is 2.53 bits per heavy atom. The maximum Gasteiger partial charge on any atom is 0.269 e. The van der Waals surface area contributed by atoms with E-state index in [1.807, 2.05) is 26.0 Å². The molecular formula is C25H24N4O5. The molecule has 4 aliphatic rings. The summed E-state index contributed by atoms with van der Waals surface area (Å²) in [6.07, 6.45) is 1.59. The Morgan fingerprint density at radius 1 is 1.06 bits per heavy atom. The molecule has 34 heavy (non-hydrogen) atoms. The molecule has 4 heterocycles. The first-order valence-electron chi connectivity index (χ1n) is 11.5. The number of nitro benzene ring substituents is 1. The zero-order valence-electron chi connectivity index (χ0n) is 19.1. The van der Waals surface area contributed by atoms with E-state index >= 15 is 0 Å². The monoisotopic (exact) mass is 460 g/mol. The van der Waals surface area contributed by atoms with E-state index in [1.54, 1.807) is 6.92 Å². The lowest BCUT2D eigenvalue weighted by atomic mass is 9.75. The van der Waals surface area contributed by atoms with E-state index in [0.717, 1.165) is 40.1 Å². The summed E-state index contributed by atoms with van der Waals surface area (Å²) in [7, 11) is 0. The Labute approximate surface area is 195 Å². The number of hydrogen-bond acceptors (Lipinski definition) is 6. The van der Waals surface area contributed by atoms with Gasteiger partial charge in [0.05, 0.1) is 22.4 Å². The molecule has 9 nitrogen and oxygen atoms in total. The summed E-state index contributed by atoms with van der Waals surface area (Å²) < 4.78 is 0. The van der Waals surface area contributed by atoms with Crippen molar-refractivity contribution in [3.63, 3.8) is 0 Å². The molecule has 9 heteroatoms. The van der Waals surface area contributed by atoms with E-state index < -0.39 is 28.2 Å². The lowest BCUT2D eigenvalue weighted by Gasteiger charge is -2.36. The first-order chi connectivity index (χ1) is 16.2. The summed E-state index contributed by atoms with van der Waals surface area (Å²) in [4.78, 5) is 55.5. The maximum absolute atomic E-state index is 14.0. The van der Waals surface area contributed by atoms with Gasteiger partial charge in [0.25, 0.3) is 5.69 Å². The summed E-state index contributed by atoms with van der Waals surface area (Å²) in [5.74, 6) is -2.47. The van der Waals surface area contributed by atoms with Crippen molar-refractivity contribution in [2.45, 2.75) is 45.2 Å². The first kappa shape index (κ1) is 21.0. The largest absolute Gasteiger partial charge is 0.324 e. The summed E-state index contributed by atoms with van der Waals surface area (Å²) in [5.41, 5.74) is 2.99. The number of fused-ring (bicyclic) bond motifs is 7. The molecule has 2 aromatic rings. The Kier molecular flexibility index (Phi) is 4.15. The second kappa shape index (κ2) is 6.73. The van der Waals surface area contributed by atoms with Gasteiger partial charge in [-0.05, 0) is 62.9 Å². The van der Waals surface area contributed by atoms with Gasteiger partial charge in [-0.1, -0.05) is 12.1 Å². The molecule has 4 aliphatic heterocycles.